The summed E-state index contributed by atoms with van der Waals surface area (Å²) in [5.41, 5.74) is 20.6. The molecule has 490 valence electrons. The van der Waals surface area contributed by atoms with Crippen molar-refractivity contribution in [3.05, 3.63) is 212 Å². The van der Waals surface area contributed by atoms with Crippen molar-refractivity contribution < 1.29 is 35.1 Å². The number of unbranched alkanes of at least 4 members (excludes halogenated alkanes) is 6. The number of hydrogen-bond donors (Lipinski definition) is 3. The standard InChI is InChI=1S/C78H99N5O6S3/c1-11-13-23-50-80-65-33-19-15-29-61(65)75(3,4)69(80)45-41-57-37-38-58(42-46-70-76(5,6)63-31-17-21-35-67(63)82(70)52-25-27-55-91(84,85)86)73(57)79-49-54-90-74-59(43-47-71-77(7,8)62-30-16-20-34-66(62)81(71)51-24-14-12-2)39-40-60(74)44-48-72-78(9,10)64-32-18-22-36-68(64)83(72)53-26-28-56-92(87,88)89/h15-22,29-36,41-48H,11-14,23-28,37-40,49-56H2,1-10H3,(H-,84,85,86,87,88,89)/p+2/b58-42+,70-46+. The Hall–Kier alpha value is -6.29. The first-order valence-corrected chi connectivity index (χ1v) is 38.2. The van der Waals surface area contributed by atoms with E-state index in [1.54, 1.807) is 0 Å². The molecule has 0 aromatic heterocycles. The second kappa shape index (κ2) is 28.7. The van der Waals surface area contributed by atoms with Gasteiger partial charge in [-0.05, 0) is 150 Å². The SMILES string of the molecule is CCCCC[N+]1=C(/C=C/C2=C(NCCSC3=C(/C=C/C4=[N+](CCCCC)c5ccccc5C4(C)C)CC/C3=C\C=C3\N(CCCCS(=O)(=O)O)c4ccccc4C3(C)C)C(=C/C=C3/N(CCCCS(=O)(=O)O)c4ccccc4C3(C)C)/CC2)C(C)(C)c2ccccc21. The van der Waals surface area contributed by atoms with Gasteiger partial charge >= 0.3 is 0 Å². The van der Waals surface area contributed by atoms with Crippen LogP contribution in [0.5, 0.6) is 0 Å². The Bertz CT molecular complexity index is 3740. The number of nitrogens with one attached hydrogen (secondary N) is 1. The van der Waals surface area contributed by atoms with Gasteiger partial charge in [-0.1, -0.05) is 151 Å². The minimum Gasteiger partial charge on any atom is -0.384 e. The molecule has 4 aliphatic heterocycles. The lowest BCUT2D eigenvalue weighted by Gasteiger charge is -2.27. The number of thioether (sulfide) groups is 1. The molecule has 10 rings (SSSR count). The van der Waals surface area contributed by atoms with Gasteiger partial charge in [-0.2, -0.15) is 26.0 Å². The van der Waals surface area contributed by atoms with Crippen LogP contribution < -0.4 is 15.1 Å². The maximum Gasteiger partial charge on any atom is 0.264 e. The number of allylic oxidation sites excluding steroid dienone is 14. The molecule has 0 unspecified atom stereocenters. The van der Waals surface area contributed by atoms with Gasteiger partial charge in [0.1, 0.15) is 13.1 Å². The van der Waals surface area contributed by atoms with E-state index in [0.29, 0.717) is 38.8 Å². The van der Waals surface area contributed by atoms with Crippen LogP contribution in [0.15, 0.2) is 190 Å². The molecule has 11 nitrogen and oxygen atoms in total. The molecule has 0 atom stereocenters. The first kappa shape index (κ1) is 68.6. The number of para-hydroxylation sites is 4. The molecule has 0 saturated heterocycles. The zero-order valence-corrected chi connectivity index (χ0v) is 58.9. The third kappa shape index (κ3) is 14.8. The van der Waals surface area contributed by atoms with Gasteiger partial charge in [-0.15, -0.1) is 11.8 Å². The Morgan fingerprint density at radius 2 is 0.913 bits per heavy atom. The van der Waals surface area contributed by atoms with Crippen molar-refractivity contribution in [3.63, 3.8) is 0 Å². The molecule has 14 heteroatoms. The lowest BCUT2D eigenvalue weighted by molar-refractivity contribution is -0.438. The van der Waals surface area contributed by atoms with E-state index in [0.717, 1.165) is 75.3 Å². The first-order chi connectivity index (χ1) is 43.9. The Kier molecular flexibility index (Phi) is 21.4. The summed E-state index contributed by atoms with van der Waals surface area (Å²) in [6.07, 6.45) is 31.6. The van der Waals surface area contributed by atoms with E-state index in [2.05, 4.69) is 239 Å². The average molecular weight is 1300 g/mol. The number of rotatable bonds is 29. The summed E-state index contributed by atoms with van der Waals surface area (Å²) in [4.78, 5) is 6.05. The number of hydrogen-bond acceptors (Lipinski definition) is 8. The quantitative estimate of drug-likeness (QED) is 0.0274. The van der Waals surface area contributed by atoms with E-state index in [9.17, 15) is 25.9 Å². The molecule has 2 aliphatic carbocycles. The molecule has 4 aromatic carbocycles. The fraction of sp³-hybridized carbons (Fsp3) is 0.462. The summed E-state index contributed by atoms with van der Waals surface area (Å²) in [6.45, 7) is 27.1. The largest absolute Gasteiger partial charge is 0.384 e. The summed E-state index contributed by atoms with van der Waals surface area (Å²) in [6, 6.07) is 35.0. The highest BCUT2D eigenvalue weighted by Crippen LogP contribution is 2.51. The minimum absolute atomic E-state index is 0.167. The van der Waals surface area contributed by atoms with E-state index in [1.165, 1.54) is 115 Å². The average Bonchev–Trinajstić information content (AvgIpc) is 1.64. The summed E-state index contributed by atoms with van der Waals surface area (Å²) in [7, 11) is -8.12. The Morgan fingerprint density at radius 3 is 1.39 bits per heavy atom. The zero-order valence-electron chi connectivity index (χ0n) is 56.5. The summed E-state index contributed by atoms with van der Waals surface area (Å²) < 4.78 is 71.5. The molecule has 4 heterocycles. The number of nitrogens with zero attached hydrogens (tertiary/aromatic N) is 4. The predicted molar refractivity (Wildman–Crippen MR) is 386 cm³/mol. The molecular weight excluding hydrogens is 1200 g/mol. The Labute approximate surface area is 555 Å². The van der Waals surface area contributed by atoms with Crippen LogP contribution in [0.1, 0.15) is 181 Å². The van der Waals surface area contributed by atoms with E-state index in [-0.39, 0.29) is 33.2 Å². The van der Waals surface area contributed by atoms with Crippen LogP contribution in [0.3, 0.4) is 0 Å². The van der Waals surface area contributed by atoms with E-state index >= 15 is 0 Å². The topological polar surface area (TPSA) is 133 Å². The molecule has 0 spiro atoms. The summed E-state index contributed by atoms with van der Waals surface area (Å²) in [5.74, 6) is 0.322. The second-order valence-corrected chi connectivity index (χ2v) is 32.3. The van der Waals surface area contributed by atoms with Crippen molar-refractivity contribution in [1.29, 1.82) is 0 Å². The lowest BCUT2D eigenvalue weighted by Crippen LogP contribution is -2.28. The van der Waals surface area contributed by atoms with E-state index in [1.807, 2.05) is 11.8 Å². The number of anilines is 2. The van der Waals surface area contributed by atoms with Crippen molar-refractivity contribution >= 4 is 66.2 Å². The number of benzene rings is 4. The molecule has 92 heavy (non-hydrogen) atoms. The third-order valence-corrected chi connectivity index (χ3v) is 23.0. The molecule has 0 amide bonds. The first-order valence-electron chi connectivity index (χ1n) is 34.0. The van der Waals surface area contributed by atoms with Gasteiger partial charge in [0.15, 0.2) is 11.4 Å². The van der Waals surface area contributed by atoms with Gasteiger partial charge in [0, 0.05) is 118 Å². The van der Waals surface area contributed by atoms with Crippen LogP contribution in [-0.2, 0) is 41.9 Å². The maximum absolute atomic E-state index is 11.8. The van der Waals surface area contributed by atoms with Gasteiger partial charge in [-0.3, -0.25) is 9.11 Å². The van der Waals surface area contributed by atoms with Gasteiger partial charge in [0.25, 0.3) is 20.2 Å². The van der Waals surface area contributed by atoms with Crippen LogP contribution >= 0.6 is 11.8 Å². The molecule has 3 N–H and O–H groups in total. The van der Waals surface area contributed by atoms with Crippen LogP contribution in [0.25, 0.3) is 0 Å². The normalized spacial score (nSPS) is 20.7. The van der Waals surface area contributed by atoms with Crippen molar-refractivity contribution in [3.8, 4) is 0 Å². The van der Waals surface area contributed by atoms with Crippen LogP contribution in [-0.4, -0.2) is 96.5 Å². The molecular formula is C78H101N5O6S3+2. The van der Waals surface area contributed by atoms with Crippen LogP contribution in [0.4, 0.5) is 22.7 Å². The predicted octanol–water partition coefficient (Wildman–Crippen LogP) is 17.6. The monoisotopic (exact) mass is 1300 g/mol. The van der Waals surface area contributed by atoms with Crippen molar-refractivity contribution in [1.82, 2.24) is 5.32 Å². The fourth-order valence-electron chi connectivity index (χ4n) is 15.2. The molecule has 0 fully saturated rings. The smallest absolute Gasteiger partial charge is 0.264 e. The minimum atomic E-state index is -4.06. The highest BCUT2D eigenvalue weighted by molar-refractivity contribution is 8.03. The molecule has 4 aromatic rings. The zero-order chi connectivity index (χ0) is 65.6. The van der Waals surface area contributed by atoms with E-state index < -0.39 is 20.2 Å². The highest BCUT2D eigenvalue weighted by Gasteiger charge is 2.46. The van der Waals surface area contributed by atoms with Gasteiger partial charge in [-0.25, -0.2) is 0 Å². The molecule has 6 aliphatic rings. The van der Waals surface area contributed by atoms with Gasteiger partial charge in [0.05, 0.1) is 22.3 Å². The Morgan fingerprint density at radius 1 is 0.489 bits per heavy atom. The number of fused-ring (bicyclic) bond motifs is 4. The van der Waals surface area contributed by atoms with Crippen molar-refractivity contribution in [2.45, 2.75) is 181 Å². The van der Waals surface area contributed by atoms with Gasteiger partial charge in [0.2, 0.25) is 11.4 Å². The van der Waals surface area contributed by atoms with E-state index in [4.69, 9.17) is 0 Å². The maximum atomic E-state index is 11.8. The van der Waals surface area contributed by atoms with Crippen molar-refractivity contribution in [2.75, 3.05) is 59.8 Å². The van der Waals surface area contributed by atoms with Crippen molar-refractivity contribution in [2.24, 2.45) is 0 Å². The Balaban J connectivity index is 1.02. The van der Waals surface area contributed by atoms with Crippen LogP contribution in [0, 0.1) is 0 Å². The van der Waals surface area contributed by atoms with Crippen LogP contribution in [0.2, 0.25) is 0 Å². The lowest BCUT2D eigenvalue weighted by atomic mass is 9.81. The molecule has 0 bridgehead atoms. The van der Waals surface area contributed by atoms with Gasteiger partial charge < -0.3 is 15.1 Å². The fourth-order valence-corrected chi connectivity index (χ4v) is 17.5. The highest BCUT2D eigenvalue weighted by atomic mass is 32.2. The summed E-state index contributed by atoms with van der Waals surface area (Å²) >= 11 is 1.95. The summed E-state index contributed by atoms with van der Waals surface area (Å²) in [5, 5.41) is 4.10. The molecule has 0 radical (unpaired) electrons. The third-order valence-electron chi connectivity index (χ3n) is 20.2. The second-order valence-electron chi connectivity index (χ2n) is 28.0. The molecule has 0 saturated carbocycles.